The summed E-state index contributed by atoms with van der Waals surface area (Å²) in [5.74, 6) is -0.587. The van der Waals surface area contributed by atoms with Crippen molar-refractivity contribution >= 4 is 12.4 Å². The fourth-order valence-corrected chi connectivity index (χ4v) is 5.14. The van der Waals surface area contributed by atoms with Crippen molar-refractivity contribution in [3.63, 3.8) is 0 Å². The molecule has 3 rings (SSSR count). The fraction of sp³-hybridized carbons (Fsp3) is 0.704. The first-order valence-electron chi connectivity index (χ1n) is 12.3. The Balaban J connectivity index is 1.40. The monoisotopic (exact) mass is 428 g/mol. The molecule has 4 heteroatoms. The Hall–Kier alpha value is -1.84. The second-order valence-corrected chi connectivity index (χ2v) is 10.2. The molecular weight excluding hydrogens is 388 g/mol. The average molecular weight is 429 g/mol. The van der Waals surface area contributed by atoms with E-state index in [0.29, 0.717) is 6.47 Å². The SMILES string of the molecule is Cc1cc(CCCCC2(OC=O)CC2)c(C)c(C)c1CCCCCCC1(C(=O)O)CC1. The summed E-state index contributed by atoms with van der Waals surface area (Å²) < 4.78 is 5.26. The van der Waals surface area contributed by atoms with E-state index in [1.54, 1.807) is 0 Å². The van der Waals surface area contributed by atoms with E-state index in [0.717, 1.165) is 77.0 Å². The molecule has 4 nitrogen and oxygen atoms in total. The van der Waals surface area contributed by atoms with Crippen LogP contribution < -0.4 is 0 Å². The molecule has 0 unspecified atom stereocenters. The van der Waals surface area contributed by atoms with Gasteiger partial charge in [-0.2, -0.15) is 0 Å². The van der Waals surface area contributed by atoms with E-state index in [1.807, 2.05) is 0 Å². The molecule has 0 radical (unpaired) electrons. The molecule has 172 valence electrons. The summed E-state index contributed by atoms with van der Waals surface area (Å²) in [4.78, 5) is 21.9. The molecule has 2 fully saturated rings. The average Bonchev–Trinajstić information content (AvgIpc) is 3.65. The van der Waals surface area contributed by atoms with Gasteiger partial charge in [0, 0.05) is 0 Å². The van der Waals surface area contributed by atoms with Crippen molar-refractivity contribution in [3.05, 3.63) is 33.9 Å². The number of rotatable bonds is 15. The van der Waals surface area contributed by atoms with Gasteiger partial charge in [-0.1, -0.05) is 25.3 Å². The van der Waals surface area contributed by atoms with Crippen LogP contribution in [-0.4, -0.2) is 23.1 Å². The number of carboxylic acid groups (broad SMARTS) is 1. The van der Waals surface area contributed by atoms with Crippen LogP contribution in [0.2, 0.25) is 0 Å². The molecule has 1 aromatic rings. The van der Waals surface area contributed by atoms with Crippen molar-refractivity contribution in [1.29, 1.82) is 0 Å². The number of carboxylic acids is 1. The molecule has 2 aliphatic rings. The lowest BCUT2D eigenvalue weighted by Gasteiger charge is -2.18. The molecule has 0 aromatic heterocycles. The predicted octanol–water partition coefficient (Wildman–Crippen LogP) is 6.39. The molecule has 1 aromatic carbocycles. The van der Waals surface area contributed by atoms with Gasteiger partial charge in [-0.05, 0) is 119 Å². The van der Waals surface area contributed by atoms with E-state index < -0.39 is 5.97 Å². The second-order valence-electron chi connectivity index (χ2n) is 10.2. The van der Waals surface area contributed by atoms with Gasteiger partial charge in [0.05, 0.1) is 5.41 Å². The van der Waals surface area contributed by atoms with Gasteiger partial charge in [-0.25, -0.2) is 0 Å². The van der Waals surface area contributed by atoms with Gasteiger partial charge >= 0.3 is 5.97 Å². The first-order chi connectivity index (χ1) is 14.8. The van der Waals surface area contributed by atoms with Crippen molar-refractivity contribution in [2.45, 2.75) is 116 Å². The van der Waals surface area contributed by atoms with Gasteiger partial charge in [0.1, 0.15) is 5.60 Å². The Bertz CT molecular complexity index is 787. The minimum atomic E-state index is -0.587. The Kier molecular flexibility index (Phi) is 7.82. The van der Waals surface area contributed by atoms with E-state index in [1.165, 1.54) is 40.7 Å². The van der Waals surface area contributed by atoms with Crippen LogP contribution in [0.3, 0.4) is 0 Å². The highest BCUT2D eigenvalue weighted by Gasteiger charge is 2.49. The number of ether oxygens (including phenoxy) is 1. The van der Waals surface area contributed by atoms with Gasteiger partial charge in [0.15, 0.2) is 0 Å². The standard InChI is InChI=1S/C27H40O4/c1-20-18-23(10-7-9-13-27(16-17-27)31-19-28)21(2)22(3)24(20)11-6-4-5-8-12-26(14-15-26)25(29)30/h18-19H,4-17H2,1-3H3,(H,29,30). The van der Waals surface area contributed by atoms with E-state index in [9.17, 15) is 14.7 Å². The summed E-state index contributed by atoms with van der Waals surface area (Å²) in [5.41, 5.74) is 6.76. The zero-order valence-corrected chi connectivity index (χ0v) is 19.7. The summed E-state index contributed by atoms with van der Waals surface area (Å²) in [6.07, 6.45) is 14.7. The van der Waals surface area contributed by atoms with Crippen LogP contribution in [0.1, 0.15) is 105 Å². The minimum Gasteiger partial charge on any atom is -0.481 e. The lowest BCUT2D eigenvalue weighted by molar-refractivity contribution is -0.143. The highest BCUT2D eigenvalue weighted by Crippen LogP contribution is 2.50. The molecule has 0 bridgehead atoms. The van der Waals surface area contributed by atoms with Gasteiger partial charge in [-0.3, -0.25) is 9.59 Å². The summed E-state index contributed by atoms with van der Waals surface area (Å²) in [7, 11) is 0. The summed E-state index contributed by atoms with van der Waals surface area (Å²) in [6.45, 7) is 7.38. The lowest BCUT2D eigenvalue weighted by Crippen LogP contribution is -2.14. The molecule has 0 atom stereocenters. The third-order valence-corrected chi connectivity index (χ3v) is 7.94. The molecule has 2 saturated carbocycles. The molecule has 2 aliphatic carbocycles. The van der Waals surface area contributed by atoms with Gasteiger partial charge < -0.3 is 9.84 Å². The van der Waals surface area contributed by atoms with Crippen LogP contribution >= 0.6 is 0 Å². The smallest absolute Gasteiger partial charge is 0.309 e. The van der Waals surface area contributed by atoms with Gasteiger partial charge in [-0.15, -0.1) is 0 Å². The molecule has 0 saturated heterocycles. The minimum absolute atomic E-state index is 0.126. The number of unbranched alkanes of at least 4 members (excludes halogenated alkanes) is 4. The van der Waals surface area contributed by atoms with Crippen LogP contribution in [0.4, 0.5) is 0 Å². The molecule has 0 aliphatic heterocycles. The number of hydrogen-bond donors (Lipinski definition) is 1. The third kappa shape index (κ3) is 6.11. The Labute approximate surface area is 187 Å². The molecule has 0 heterocycles. The van der Waals surface area contributed by atoms with Crippen LogP contribution in [0.15, 0.2) is 6.07 Å². The highest BCUT2D eigenvalue weighted by molar-refractivity contribution is 5.77. The summed E-state index contributed by atoms with van der Waals surface area (Å²) in [6, 6.07) is 2.39. The van der Waals surface area contributed by atoms with Gasteiger partial charge in [0.25, 0.3) is 6.47 Å². The first kappa shape index (κ1) is 23.8. The van der Waals surface area contributed by atoms with Crippen LogP contribution in [0, 0.1) is 26.2 Å². The van der Waals surface area contributed by atoms with Gasteiger partial charge in [0.2, 0.25) is 0 Å². The number of carbonyl (C=O) groups is 2. The number of hydrogen-bond acceptors (Lipinski definition) is 3. The van der Waals surface area contributed by atoms with Crippen molar-refractivity contribution in [2.24, 2.45) is 5.41 Å². The normalized spacial score (nSPS) is 17.9. The largest absolute Gasteiger partial charge is 0.481 e. The number of carbonyl (C=O) groups excluding carboxylic acids is 1. The van der Waals surface area contributed by atoms with Crippen molar-refractivity contribution in [3.8, 4) is 0 Å². The predicted molar refractivity (Wildman–Crippen MR) is 123 cm³/mol. The maximum atomic E-state index is 11.3. The van der Waals surface area contributed by atoms with Crippen LogP contribution in [0.5, 0.6) is 0 Å². The third-order valence-electron chi connectivity index (χ3n) is 7.94. The molecule has 0 spiro atoms. The second kappa shape index (κ2) is 10.2. The zero-order chi connectivity index (χ0) is 22.5. The molecule has 0 amide bonds. The number of aryl methyl sites for hydroxylation is 2. The highest BCUT2D eigenvalue weighted by atomic mass is 16.5. The van der Waals surface area contributed by atoms with Crippen molar-refractivity contribution < 1.29 is 19.4 Å². The maximum Gasteiger partial charge on any atom is 0.309 e. The molecular formula is C27H40O4. The summed E-state index contributed by atoms with van der Waals surface area (Å²) in [5, 5.41) is 9.27. The van der Waals surface area contributed by atoms with E-state index >= 15 is 0 Å². The Morgan fingerprint density at radius 3 is 2.19 bits per heavy atom. The maximum absolute atomic E-state index is 11.3. The van der Waals surface area contributed by atoms with Crippen molar-refractivity contribution in [1.82, 2.24) is 0 Å². The number of benzene rings is 1. The Morgan fingerprint density at radius 2 is 1.58 bits per heavy atom. The summed E-state index contributed by atoms with van der Waals surface area (Å²) >= 11 is 0. The van der Waals surface area contributed by atoms with Crippen LogP contribution in [-0.2, 0) is 27.2 Å². The first-order valence-corrected chi connectivity index (χ1v) is 12.3. The molecule has 31 heavy (non-hydrogen) atoms. The zero-order valence-electron chi connectivity index (χ0n) is 19.7. The topological polar surface area (TPSA) is 63.6 Å². The van der Waals surface area contributed by atoms with Crippen LogP contribution in [0.25, 0.3) is 0 Å². The fourth-order valence-electron chi connectivity index (χ4n) is 5.14. The van der Waals surface area contributed by atoms with E-state index in [-0.39, 0.29) is 11.0 Å². The van der Waals surface area contributed by atoms with E-state index in [2.05, 4.69) is 26.8 Å². The molecule has 1 N–H and O–H groups in total. The quantitative estimate of drug-likeness (QED) is 0.260. The van der Waals surface area contributed by atoms with E-state index in [4.69, 9.17) is 4.74 Å². The Morgan fingerprint density at radius 1 is 0.935 bits per heavy atom. The van der Waals surface area contributed by atoms with Crippen molar-refractivity contribution in [2.75, 3.05) is 0 Å². The lowest BCUT2D eigenvalue weighted by atomic mass is 9.88. The number of aliphatic carboxylic acids is 1.